The summed E-state index contributed by atoms with van der Waals surface area (Å²) in [5.74, 6) is 0.843. The molecule has 0 bridgehead atoms. The number of hydrogen-bond donors (Lipinski definition) is 0. The lowest BCUT2D eigenvalue weighted by atomic mass is 9.83. The van der Waals surface area contributed by atoms with Crippen molar-refractivity contribution < 1.29 is 0 Å². The number of rotatable bonds is 3. The molecule has 0 radical (unpaired) electrons. The molecule has 1 atom stereocenters. The van der Waals surface area contributed by atoms with Gasteiger partial charge in [0.25, 0.3) is 0 Å². The van der Waals surface area contributed by atoms with Gasteiger partial charge >= 0.3 is 0 Å². The van der Waals surface area contributed by atoms with Crippen molar-refractivity contribution in [3.05, 3.63) is 23.3 Å². The first-order valence-electron chi connectivity index (χ1n) is 6.21. The van der Waals surface area contributed by atoms with E-state index >= 15 is 0 Å². The van der Waals surface area contributed by atoms with Crippen molar-refractivity contribution in [3.8, 4) is 0 Å². The maximum atomic E-state index is 2.34. The SMILES string of the molecule is CC.CCC1=C(CC)C(CC)CC=C1. The molecule has 0 fully saturated rings. The van der Waals surface area contributed by atoms with E-state index in [2.05, 4.69) is 32.9 Å². The second-order valence-electron chi connectivity index (χ2n) is 3.50. The molecule has 0 aromatic heterocycles. The lowest BCUT2D eigenvalue weighted by molar-refractivity contribution is 0.567. The molecule has 1 aliphatic rings. The van der Waals surface area contributed by atoms with Crippen LogP contribution in [0.25, 0.3) is 0 Å². The minimum absolute atomic E-state index is 0.843. The highest BCUT2D eigenvalue weighted by Gasteiger charge is 2.15. The molecule has 1 rings (SSSR count). The van der Waals surface area contributed by atoms with Gasteiger partial charge in [-0.25, -0.2) is 0 Å². The largest absolute Gasteiger partial charge is 0.0837 e. The Labute approximate surface area is 90.1 Å². The molecule has 0 heterocycles. The van der Waals surface area contributed by atoms with Crippen molar-refractivity contribution in [2.24, 2.45) is 5.92 Å². The molecule has 0 nitrogen and oxygen atoms in total. The Balaban J connectivity index is 0.000000791. The standard InChI is InChI=1S/C12H20.C2H6/c1-4-10-8-7-9-11(5-2)12(10)6-3;1-2/h7-8,11H,4-6,9H2,1-3H3;1-2H3. The Morgan fingerprint density at radius 2 is 1.79 bits per heavy atom. The second kappa shape index (κ2) is 7.84. The summed E-state index contributed by atoms with van der Waals surface area (Å²) in [6.45, 7) is 10.8. The van der Waals surface area contributed by atoms with Crippen molar-refractivity contribution in [3.63, 3.8) is 0 Å². The van der Waals surface area contributed by atoms with Crippen LogP contribution in [0.2, 0.25) is 0 Å². The van der Waals surface area contributed by atoms with Gasteiger partial charge < -0.3 is 0 Å². The minimum Gasteiger partial charge on any atom is -0.0837 e. The van der Waals surface area contributed by atoms with Crippen molar-refractivity contribution in [1.29, 1.82) is 0 Å². The zero-order valence-electron chi connectivity index (χ0n) is 10.6. The van der Waals surface area contributed by atoms with Crippen LogP contribution in [-0.2, 0) is 0 Å². The summed E-state index contributed by atoms with van der Waals surface area (Å²) in [6.07, 6.45) is 9.68. The monoisotopic (exact) mass is 194 g/mol. The fraction of sp³-hybridized carbons (Fsp3) is 0.714. The molecule has 1 aliphatic carbocycles. The Hall–Kier alpha value is -0.520. The predicted molar refractivity (Wildman–Crippen MR) is 66.5 cm³/mol. The fourth-order valence-electron chi connectivity index (χ4n) is 2.16. The summed E-state index contributed by atoms with van der Waals surface area (Å²) in [5, 5.41) is 0. The molecule has 0 heteroatoms. The maximum Gasteiger partial charge on any atom is -0.0165 e. The van der Waals surface area contributed by atoms with E-state index in [1.54, 1.807) is 11.1 Å². The quantitative estimate of drug-likeness (QED) is 0.585. The van der Waals surface area contributed by atoms with E-state index in [-0.39, 0.29) is 0 Å². The van der Waals surface area contributed by atoms with Gasteiger partial charge in [-0.15, -0.1) is 0 Å². The van der Waals surface area contributed by atoms with Crippen LogP contribution in [0, 0.1) is 5.92 Å². The summed E-state index contributed by atoms with van der Waals surface area (Å²) >= 11 is 0. The van der Waals surface area contributed by atoms with Crippen LogP contribution in [0.4, 0.5) is 0 Å². The van der Waals surface area contributed by atoms with E-state index < -0.39 is 0 Å². The first-order valence-corrected chi connectivity index (χ1v) is 6.21. The second-order valence-corrected chi connectivity index (χ2v) is 3.50. The molecule has 0 aromatic rings. The van der Waals surface area contributed by atoms with Gasteiger partial charge in [0.2, 0.25) is 0 Å². The minimum atomic E-state index is 0.843. The molecule has 0 spiro atoms. The topological polar surface area (TPSA) is 0 Å². The molecule has 0 N–H and O–H groups in total. The van der Waals surface area contributed by atoms with E-state index in [0.29, 0.717) is 0 Å². The molecule has 0 amide bonds. The van der Waals surface area contributed by atoms with Gasteiger partial charge in [-0.2, -0.15) is 0 Å². The summed E-state index contributed by atoms with van der Waals surface area (Å²) < 4.78 is 0. The molecule has 0 saturated carbocycles. The van der Waals surface area contributed by atoms with E-state index in [1.165, 1.54) is 25.7 Å². The van der Waals surface area contributed by atoms with Gasteiger partial charge in [0.05, 0.1) is 0 Å². The van der Waals surface area contributed by atoms with Gasteiger partial charge in [0.15, 0.2) is 0 Å². The van der Waals surface area contributed by atoms with Gasteiger partial charge in [-0.3, -0.25) is 0 Å². The highest BCUT2D eigenvalue weighted by Crippen LogP contribution is 2.31. The maximum absolute atomic E-state index is 2.34. The lowest BCUT2D eigenvalue weighted by Crippen LogP contribution is -2.07. The van der Waals surface area contributed by atoms with E-state index in [0.717, 1.165) is 5.92 Å². The average Bonchev–Trinajstić information content (AvgIpc) is 2.30. The summed E-state index contributed by atoms with van der Waals surface area (Å²) in [6, 6.07) is 0. The first-order chi connectivity index (χ1) is 6.83. The zero-order valence-corrected chi connectivity index (χ0v) is 10.6. The van der Waals surface area contributed by atoms with Crippen LogP contribution >= 0.6 is 0 Å². The molecule has 82 valence electrons. The molecule has 0 saturated heterocycles. The highest BCUT2D eigenvalue weighted by molar-refractivity contribution is 5.31. The third kappa shape index (κ3) is 3.32. The van der Waals surface area contributed by atoms with Crippen molar-refractivity contribution >= 4 is 0 Å². The van der Waals surface area contributed by atoms with Gasteiger partial charge in [-0.05, 0) is 37.2 Å². The molecule has 0 aromatic carbocycles. The van der Waals surface area contributed by atoms with Crippen LogP contribution in [-0.4, -0.2) is 0 Å². The highest BCUT2D eigenvalue weighted by atomic mass is 14.2. The third-order valence-electron chi connectivity index (χ3n) is 2.90. The van der Waals surface area contributed by atoms with Gasteiger partial charge in [0.1, 0.15) is 0 Å². The lowest BCUT2D eigenvalue weighted by Gasteiger charge is -2.23. The first kappa shape index (κ1) is 13.5. The van der Waals surface area contributed by atoms with Crippen LogP contribution in [0.3, 0.4) is 0 Å². The number of allylic oxidation sites excluding steroid dienone is 4. The Morgan fingerprint density at radius 3 is 2.21 bits per heavy atom. The Kier molecular flexibility index (Phi) is 7.55. The molecular weight excluding hydrogens is 168 g/mol. The predicted octanol–water partition coefficient (Wildman–Crippen LogP) is 5.12. The Bertz CT molecular complexity index is 196. The van der Waals surface area contributed by atoms with Crippen LogP contribution in [0.1, 0.15) is 60.3 Å². The van der Waals surface area contributed by atoms with E-state index in [1.807, 2.05) is 13.8 Å². The van der Waals surface area contributed by atoms with Crippen LogP contribution in [0.5, 0.6) is 0 Å². The van der Waals surface area contributed by atoms with Crippen molar-refractivity contribution in [2.45, 2.75) is 60.3 Å². The van der Waals surface area contributed by atoms with Gasteiger partial charge in [-0.1, -0.05) is 52.3 Å². The van der Waals surface area contributed by atoms with Crippen molar-refractivity contribution in [1.82, 2.24) is 0 Å². The van der Waals surface area contributed by atoms with E-state index in [4.69, 9.17) is 0 Å². The van der Waals surface area contributed by atoms with Crippen molar-refractivity contribution in [2.75, 3.05) is 0 Å². The summed E-state index contributed by atoms with van der Waals surface area (Å²) in [4.78, 5) is 0. The molecule has 0 aliphatic heterocycles. The molecule has 14 heavy (non-hydrogen) atoms. The number of hydrogen-bond acceptors (Lipinski definition) is 0. The fourth-order valence-corrected chi connectivity index (χ4v) is 2.16. The van der Waals surface area contributed by atoms with Crippen LogP contribution < -0.4 is 0 Å². The zero-order chi connectivity index (χ0) is 11.0. The Morgan fingerprint density at radius 1 is 1.14 bits per heavy atom. The van der Waals surface area contributed by atoms with Crippen LogP contribution in [0.15, 0.2) is 23.3 Å². The summed E-state index contributed by atoms with van der Waals surface area (Å²) in [5.41, 5.74) is 3.30. The smallest absolute Gasteiger partial charge is 0.0165 e. The van der Waals surface area contributed by atoms with E-state index in [9.17, 15) is 0 Å². The summed E-state index contributed by atoms with van der Waals surface area (Å²) in [7, 11) is 0. The molecule has 1 unspecified atom stereocenters. The normalized spacial score (nSPS) is 20.5. The average molecular weight is 194 g/mol. The third-order valence-corrected chi connectivity index (χ3v) is 2.90. The molecular formula is C14H26. The van der Waals surface area contributed by atoms with Gasteiger partial charge in [0, 0.05) is 0 Å².